The first-order valence-corrected chi connectivity index (χ1v) is 15.3. The van der Waals surface area contributed by atoms with Crippen LogP contribution in [0.3, 0.4) is 0 Å². The molecule has 220 valence electrons. The van der Waals surface area contributed by atoms with E-state index in [0.717, 1.165) is 15.3 Å². The molecule has 2 heterocycles. The third kappa shape index (κ3) is 6.83. The largest absolute Gasteiger partial charge is 0.497 e. The standard InChI is InChI=1S/C32H31N5O5S/c1-42-28-9-7-25-8-10-29(19-26(25)18-28)43(40,41)37(22-31(38)35-15-11-23-5-3-2-4-6-23)30-13-16-36(32(30)39)21-24-12-14-34-27(17-24)20-33/h2-10,12,14,17-19,30H,11,13,15-16,21-22H2,1H3,(H,35,38)/t30-/m0/s1. The van der Waals surface area contributed by atoms with E-state index in [-0.39, 0.29) is 23.6 Å². The first-order chi connectivity index (χ1) is 20.8. The molecule has 1 fully saturated rings. The summed E-state index contributed by atoms with van der Waals surface area (Å²) in [6.07, 6.45) is 2.29. The first-order valence-electron chi connectivity index (χ1n) is 13.8. The molecule has 43 heavy (non-hydrogen) atoms. The van der Waals surface area contributed by atoms with Gasteiger partial charge in [-0.1, -0.05) is 42.5 Å². The lowest BCUT2D eigenvalue weighted by atomic mass is 10.1. The quantitative estimate of drug-likeness (QED) is 0.281. The molecular weight excluding hydrogens is 566 g/mol. The second-order valence-electron chi connectivity index (χ2n) is 10.2. The summed E-state index contributed by atoms with van der Waals surface area (Å²) in [7, 11) is -2.74. The van der Waals surface area contributed by atoms with Crippen molar-refractivity contribution in [2.24, 2.45) is 0 Å². The van der Waals surface area contributed by atoms with Gasteiger partial charge in [0.05, 0.1) is 18.6 Å². The van der Waals surface area contributed by atoms with Crippen molar-refractivity contribution in [3.63, 3.8) is 0 Å². The molecule has 1 atom stereocenters. The van der Waals surface area contributed by atoms with Gasteiger partial charge >= 0.3 is 0 Å². The molecule has 1 aliphatic rings. The fraction of sp³-hybridized carbons (Fsp3) is 0.250. The maximum absolute atomic E-state index is 14.1. The van der Waals surface area contributed by atoms with Crippen LogP contribution in [0.5, 0.6) is 5.75 Å². The average Bonchev–Trinajstić information content (AvgIpc) is 3.38. The second kappa shape index (κ2) is 13.0. The molecule has 11 heteroatoms. The van der Waals surface area contributed by atoms with Crippen molar-refractivity contribution < 1.29 is 22.7 Å². The number of pyridine rings is 1. The van der Waals surface area contributed by atoms with Gasteiger partial charge in [0.2, 0.25) is 21.8 Å². The van der Waals surface area contributed by atoms with Crippen molar-refractivity contribution in [3.8, 4) is 11.8 Å². The SMILES string of the molecule is COc1ccc2ccc(S(=O)(=O)N(CC(=O)NCCc3ccccc3)[C@H]3CCN(Cc4ccnc(C#N)c4)C3=O)cc2c1. The molecule has 10 nitrogen and oxygen atoms in total. The predicted octanol–water partition coefficient (Wildman–Crippen LogP) is 3.27. The van der Waals surface area contributed by atoms with Crippen molar-refractivity contribution in [2.75, 3.05) is 26.7 Å². The van der Waals surface area contributed by atoms with Gasteiger partial charge in [-0.25, -0.2) is 13.4 Å². The Kier molecular flexibility index (Phi) is 8.99. The molecule has 0 saturated carbocycles. The van der Waals surface area contributed by atoms with Crippen LogP contribution in [0.2, 0.25) is 0 Å². The van der Waals surface area contributed by atoms with Crippen molar-refractivity contribution in [3.05, 3.63) is 102 Å². The van der Waals surface area contributed by atoms with Crippen LogP contribution in [-0.4, -0.2) is 67.2 Å². The van der Waals surface area contributed by atoms with E-state index >= 15 is 0 Å². The Labute approximate surface area is 250 Å². The first kappa shape index (κ1) is 29.7. The Hall–Kier alpha value is -4.79. The number of amides is 2. The molecule has 0 aliphatic carbocycles. The number of methoxy groups -OCH3 is 1. The molecule has 0 spiro atoms. The summed E-state index contributed by atoms with van der Waals surface area (Å²) >= 11 is 0. The summed E-state index contributed by atoms with van der Waals surface area (Å²) in [6.45, 7) is 0.301. The van der Waals surface area contributed by atoms with Gasteiger partial charge in [-0.3, -0.25) is 9.59 Å². The number of carbonyl (C=O) groups is 2. The second-order valence-corrected chi connectivity index (χ2v) is 12.1. The fourth-order valence-electron chi connectivity index (χ4n) is 5.18. The predicted molar refractivity (Wildman–Crippen MR) is 160 cm³/mol. The van der Waals surface area contributed by atoms with E-state index in [1.807, 2.05) is 42.5 Å². The highest BCUT2D eigenvalue weighted by Crippen LogP contribution is 2.29. The normalized spacial score (nSPS) is 15.0. The number of hydrogen-bond acceptors (Lipinski definition) is 7. The van der Waals surface area contributed by atoms with Crippen molar-refractivity contribution in [2.45, 2.75) is 30.3 Å². The van der Waals surface area contributed by atoms with Gasteiger partial charge in [0.1, 0.15) is 23.6 Å². The lowest BCUT2D eigenvalue weighted by Gasteiger charge is -2.27. The van der Waals surface area contributed by atoms with Gasteiger partial charge in [-0.05, 0) is 71.1 Å². The van der Waals surface area contributed by atoms with Crippen LogP contribution >= 0.6 is 0 Å². The smallest absolute Gasteiger partial charge is 0.244 e. The number of benzene rings is 3. The fourth-order valence-corrected chi connectivity index (χ4v) is 6.78. The summed E-state index contributed by atoms with van der Waals surface area (Å²) in [5.41, 5.74) is 1.97. The van der Waals surface area contributed by atoms with Crippen LogP contribution in [-0.2, 0) is 32.6 Å². The lowest BCUT2D eigenvalue weighted by molar-refractivity contribution is -0.131. The molecule has 0 unspecified atom stereocenters. The van der Waals surface area contributed by atoms with E-state index in [1.54, 1.807) is 35.2 Å². The van der Waals surface area contributed by atoms with Crippen LogP contribution in [0.25, 0.3) is 10.8 Å². The van der Waals surface area contributed by atoms with Gasteiger partial charge in [0, 0.05) is 25.8 Å². The Morgan fingerprint density at radius 3 is 2.63 bits per heavy atom. The van der Waals surface area contributed by atoms with E-state index in [2.05, 4.69) is 10.3 Å². The van der Waals surface area contributed by atoms with Crippen molar-refractivity contribution >= 4 is 32.6 Å². The van der Waals surface area contributed by atoms with Gasteiger partial charge in [0.15, 0.2) is 0 Å². The monoisotopic (exact) mass is 597 g/mol. The number of nitrogens with one attached hydrogen (secondary N) is 1. The number of fused-ring (bicyclic) bond motifs is 1. The Balaban J connectivity index is 1.40. The molecule has 1 saturated heterocycles. The summed E-state index contributed by atoms with van der Waals surface area (Å²) in [6, 6.07) is 23.9. The Morgan fingerprint density at radius 2 is 1.86 bits per heavy atom. The number of carbonyl (C=O) groups excluding carboxylic acids is 2. The topological polar surface area (TPSA) is 133 Å². The molecule has 1 aliphatic heterocycles. The molecule has 2 amide bonds. The van der Waals surface area contributed by atoms with Crippen LogP contribution in [0.4, 0.5) is 0 Å². The molecule has 0 bridgehead atoms. The molecule has 4 aromatic rings. The highest BCUT2D eigenvalue weighted by molar-refractivity contribution is 7.89. The van der Waals surface area contributed by atoms with E-state index in [9.17, 15) is 23.3 Å². The zero-order chi connectivity index (χ0) is 30.4. The molecule has 0 radical (unpaired) electrons. The van der Waals surface area contributed by atoms with E-state index < -0.39 is 34.4 Å². The molecule has 1 aromatic heterocycles. The highest BCUT2D eigenvalue weighted by atomic mass is 32.2. The van der Waals surface area contributed by atoms with Crippen LogP contribution in [0.15, 0.2) is 90.0 Å². The maximum atomic E-state index is 14.1. The zero-order valence-corrected chi connectivity index (χ0v) is 24.5. The summed E-state index contributed by atoms with van der Waals surface area (Å²) in [5, 5.41) is 13.5. The number of rotatable bonds is 11. The average molecular weight is 598 g/mol. The molecule has 5 rings (SSSR count). The zero-order valence-electron chi connectivity index (χ0n) is 23.6. The molecule has 1 N–H and O–H groups in total. The summed E-state index contributed by atoms with van der Waals surface area (Å²) < 4.78 is 34.6. The van der Waals surface area contributed by atoms with Crippen LogP contribution < -0.4 is 10.1 Å². The summed E-state index contributed by atoms with van der Waals surface area (Å²) in [5.74, 6) is -0.326. The van der Waals surface area contributed by atoms with Gasteiger partial charge in [-0.2, -0.15) is 9.57 Å². The minimum atomic E-state index is -4.28. The van der Waals surface area contributed by atoms with E-state index in [4.69, 9.17) is 4.74 Å². The Morgan fingerprint density at radius 1 is 1.07 bits per heavy atom. The van der Waals surface area contributed by atoms with E-state index in [0.29, 0.717) is 36.2 Å². The van der Waals surface area contributed by atoms with Gasteiger partial charge in [-0.15, -0.1) is 0 Å². The maximum Gasteiger partial charge on any atom is 0.244 e. The van der Waals surface area contributed by atoms with Crippen LogP contribution in [0.1, 0.15) is 23.2 Å². The number of nitrogens with zero attached hydrogens (tertiary/aromatic N) is 4. The number of likely N-dealkylation sites (tertiary alicyclic amines) is 1. The third-order valence-electron chi connectivity index (χ3n) is 7.43. The third-order valence-corrected chi connectivity index (χ3v) is 9.28. The van der Waals surface area contributed by atoms with Crippen molar-refractivity contribution in [1.82, 2.24) is 19.5 Å². The summed E-state index contributed by atoms with van der Waals surface area (Å²) in [4.78, 5) is 32.3. The van der Waals surface area contributed by atoms with Gasteiger partial charge in [0.25, 0.3) is 0 Å². The van der Waals surface area contributed by atoms with E-state index in [1.165, 1.54) is 25.4 Å². The Bertz CT molecular complexity index is 1790. The molecular formula is C32H31N5O5S. The number of ether oxygens (including phenoxy) is 1. The number of hydrogen-bond donors (Lipinski definition) is 1. The number of nitriles is 1. The van der Waals surface area contributed by atoms with Gasteiger partial charge < -0.3 is 15.0 Å². The minimum Gasteiger partial charge on any atom is -0.497 e. The number of aromatic nitrogens is 1. The minimum absolute atomic E-state index is 0.0237. The molecule has 3 aromatic carbocycles. The van der Waals surface area contributed by atoms with Crippen molar-refractivity contribution in [1.29, 1.82) is 5.26 Å². The highest BCUT2D eigenvalue weighted by Gasteiger charge is 2.43. The lowest BCUT2D eigenvalue weighted by Crippen LogP contribution is -2.49. The number of sulfonamides is 1. The van der Waals surface area contributed by atoms with Crippen LogP contribution in [0, 0.1) is 11.3 Å².